The minimum absolute atomic E-state index is 0.558. The summed E-state index contributed by atoms with van der Waals surface area (Å²) in [5, 5.41) is 14.1. The highest BCUT2D eigenvalue weighted by atomic mass is 16.5. The molecule has 9 rings (SSSR count). The highest BCUT2D eigenvalue weighted by Crippen LogP contribution is 2.41. The number of hydrogen-bond acceptors (Lipinski definition) is 3. The molecule has 0 aliphatic carbocycles. The third kappa shape index (κ3) is 8.02. The van der Waals surface area contributed by atoms with Crippen LogP contribution in [0.4, 0.5) is 5.69 Å². The number of aromatic nitrogens is 4. The number of anilines is 1. The number of rotatable bonds is 4. The Bertz CT molecular complexity index is 3280. The van der Waals surface area contributed by atoms with E-state index < -0.39 is 5.54 Å². The zero-order valence-corrected chi connectivity index (χ0v) is 39.6. The van der Waals surface area contributed by atoms with Crippen molar-refractivity contribution in [3.05, 3.63) is 169 Å². The normalized spacial score (nSPS) is 12.1. The van der Waals surface area contributed by atoms with Crippen molar-refractivity contribution >= 4 is 52.1 Å². The van der Waals surface area contributed by atoms with Crippen molar-refractivity contribution in [2.75, 3.05) is 5.06 Å². The Balaban J connectivity index is 1.44. The van der Waals surface area contributed by atoms with Gasteiger partial charge in [0.05, 0.1) is 45.1 Å². The van der Waals surface area contributed by atoms with Gasteiger partial charge in [-0.1, -0.05) is 70.1 Å². The summed E-state index contributed by atoms with van der Waals surface area (Å²) in [6.45, 7) is 25.4. The Labute approximate surface area is 383 Å². The molecular formula is C59H56N5O. The van der Waals surface area contributed by atoms with Gasteiger partial charge in [0.2, 0.25) is 0 Å². The standard InChI is InChI=1S/C59H56N5O/c1-33-27-36(4)53(37(5)28-33)56-47-21-19-45(60-47)44(18-15-42-13-16-43(17-14-42)64(65)59(10,11)12)46-20-22-48(61-46)57(54-38(6)29-34(2)30-39(54)7)50-24-26-52(63-50)58(51-25-23-49(56)62-51)55-40(8)31-35(3)32-41(55)9/h13-14,16-17,19-32,60,63H,1-12H3. The van der Waals surface area contributed by atoms with Gasteiger partial charge in [0.25, 0.3) is 0 Å². The molecule has 2 aliphatic rings. The first kappa shape index (κ1) is 43.1. The van der Waals surface area contributed by atoms with Crippen LogP contribution < -0.4 is 5.06 Å². The summed E-state index contributed by atoms with van der Waals surface area (Å²) in [6.07, 6.45) is 8.55. The molecule has 4 aromatic carbocycles. The van der Waals surface area contributed by atoms with Crippen molar-refractivity contribution in [2.24, 2.45) is 0 Å². The van der Waals surface area contributed by atoms with E-state index in [9.17, 15) is 5.21 Å². The van der Waals surface area contributed by atoms with E-state index in [1.807, 2.05) is 45.0 Å². The molecule has 7 aromatic rings. The van der Waals surface area contributed by atoms with Gasteiger partial charge in [0.15, 0.2) is 0 Å². The van der Waals surface area contributed by atoms with Crippen LogP contribution in [-0.2, 0) is 5.21 Å². The number of hydroxylamine groups is 1. The second kappa shape index (κ2) is 16.4. The van der Waals surface area contributed by atoms with Gasteiger partial charge in [-0.2, -0.15) is 0 Å². The fraction of sp³-hybridized carbons (Fsp3) is 0.220. The number of aryl methyl sites for hydroxylation is 9. The highest BCUT2D eigenvalue weighted by molar-refractivity contribution is 6.00. The predicted octanol–water partition coefficient (Wildman–Crippen LogP) is 14.8. The summed E-state index contributed by atoms with van der Waals surface area (Å²) in [6, 6.07) is 29.7. The number of benzene rings is 4. The molecule has 0 fully saturated rings. The van der Waals surface area contributed by atoms with E-state index in [-0.39, 0.29) is 0 Å². The van der Waals surface area contributed by atoms with Gasteiger partial charge in [-0.05, 0) is 206 Å². The summed E-state index contributed by atoms with van der Waals surface area (Å²) in [7, 11) is 0. The number of nitrogens with one attached hydrogen (secondary N) is 2. The Hall–Kier alpha value is -7.20. The Morgan fingerprint density at radius 1 is 0.431 bits per heavy atom. The maximum atomic E-state index is 13.0. The van der Waals surface area contributed by atoms with E-state index in [2.05, 4.69) is 169 Å². The largest absolute Gasteiger partial charge is 0.354 e. The van der Waals surface area contributed by atoms with Crippen molar-refractivity contribution < 1.29 is 5.21 Å². The molecule has 2 aliphatic heterocycles. The first-order chi connectivity index (χ1) is 30.9. The highest BCUT2D eigenvalue weighted by Gasteiger charge is 2.23. The summed E-state index contributed by atoms with van der Waals surface area (Å²) in [5.41, 5.74) is 26.0. The maximum Gasteiger partial charge on any atom is 0.0815 e. The minimum Gasteiger partial charge on any atom is -0.354 e. The van der Waals surface area contributed by atoms with Gasteiger partial charge < -0.3 is 9.97 Å². The number of fused-ring (bicyclic) bond motifs is 8. The molecule has 5 heterocycles. The summed E-state index contributed by atoms with van der Waals surface area (Å²) in [5.74, 6) is 6.99. The zero-order valence-electron chi connectivity index (χ0n) is 39.6. The van der Waals surface area contributed by atoms with Gasteiger partial charge in [-0.3, -0.25) is 0 Å². The molecule has 323 valence electrons. The first-order valence-electron chi connectivity index (χ1n) is 22.5. The Morgan fingerprint density at radius 3 is 1.15 bits per heavy atom. The van der Waals surface area contributed by atoms with E-state index in [1.165, 1.54) is 55.6 Å². The summed E-state index contributed by atoms with van der Waals surface area (Å²) < 4.78 is 0. The maximum absolute atomic E-state index is 13.0. The average Bonchev–Trinajstić information content (AvgIpc) is 4.07. The van der Waals surface area contributed by atoms with Crippen molar-refractivity contribution in [2.45, 2.75) is 88.6 Å². The van der Waals surface area contributed by atoms with Crippen LogP contribution in [-0.4, -0.2) is 25.5 Å². The third-order valence-electron chi connectivity index (χ3n) is 12.6. The molecule has 1 radical (unpaired) electrons. The lowest BCUT2D eigenvalue weighted by Gasteiger charge is -2.28. The van der Waals surface area contributed by atoms with Crippen molar-refractivity contribution in [3.63, 3.8) is 0 Å². The van der Waals surface area contributed by atoms with Crippen LogP contribution in [0.2, 0.25) is 0 Å². The molecule has 0 saturated carbocycles. The van der Waals surface area contributed by atoms with Gasteiger partial charge in [0.1, 0.15) is 0 Å². The van der Waals surface area contributed by atoms with E-state index in [0.29, 0.717) is 5.69 Å². The van der Waals surface area contributed by atoms with Gasteiger partial charge in [0, 0.05) is 38.8 Å². The Morgan fingerprint density at radius 2 is 0.769 bits per heavy atom. The molecule has 0 atom stereocenters. The second-order valence-corrected chi connectivity index (χ2v) is 19.1. The smallest absolute Gasteiger partial charge is 0.0815 e. The molecule has 0 unspecified atom stereocenters. The topological polar surface area (TPSA) is 80.5 Å². The van der Waals surface area contributed by atoms with Gasteiger partial charge in [-0.25, -0.2) is 15.0 Å². The molecule has 0 spiro atoms. The second-order valence-electron chi connectivity index (χ2n) is 19.1. The number of aromatic amines is 2. The van der Waals surface area contributed by atoms with Crippen LogP contribution in [0, 0.1) is 74.2 Å². The molecular weight excluding hydrogens is 795 g/mol. The van der Waals surface area contributed by atoms with Crippen LogP contribution in [0.3, 0.4) is 0 Å². The van der Waals surface area contributed by atoms with Gasteiger partial charge >= 0.3 is 0 Å². The number of nitrogens with zero attached hydrogens (tertiary/aromatic N) is 3. The van der Waals surface area contributed by atoms with Crippen LogP contribution >= 0.6 is 0 Å². The minimum atomic E-state index is -0.558. The first-order valence-corrected chi connectivity index (χ1v) is 22.5. The molecule has 65 heavy (non-hydrogen) atoms. The fourth-order valence-corrected chi connectivity index (χ4v) is 10.1. The zero-order chi connectivity index (χ0) is 46.1. The van der Waals surface area contributed by atoms with Crippen molar-refractivity contribution in [1.29, 1.82) is 0 Å². The van der Waals surface area contributed by atoms with E-state index >= 15 is 0 Å². The molecule has 0 amide bonds. The third-order valence-corrected chi connectivity index (χ3v) is 12.6. The molecule has 8 bridgehead atoms. The van der Waals surface area contributed by atoms with E-state index in [4.69, 9.17) is 9.97 Å². The lowest BCUT2D eigenvalue weighted by molar-refractivity contribution is 0.102. The number of H-pyrrole nitrogens is 2. The lowest BCUT2D eigenvalue weighted by Crippen LogP contribution is -2.37. The SMILES string of the molecule is Cc1cc(C)c(-c2c3nc(c(-c4c(C)cc(C)cc4C)c4ccc([nH]4)c(-c4c(C)cc(C)cc4C)c4nc(c(C#Cc5ccc(N([O])C(C)(C)C)cc5)c5ccc2[nH]5)C=C4)C=C3)c(C)c1. The van der Waals surface area contributed by atoms with Crippen LogP contribution in [0.25, 0.3) is 79.8 Å². The van der Waals surface area contributed by atoms with Crippen molar-refractivity contribution in [1.82, 2.24) is 19.9 Å². The Kier molecular flexibility index (Phi) is 10.9. The van der Waals surface area contributed by atoms with E-state index in [1.54, 1.807) is 0 Å². The van der Waals surface area contributed by atoms with Crippen molar-refractivity contribution in [3.8, 4) is 45.2 Å². The summed E-state index contributed by atoms with van der Waals surface area (Å²) >= 11 is 0. The van der Waals surface area contributed by atoms with Crippen LogP contribution in [0.1, 0.15) is 105 Å². The molecule has 2 N–H and O–H groups in total. The molecule has 0 saturated heterocycles. The molecule has 3 aromatic heterocycles. The monoisotopic (exact) mass is 850 g/mol. The lowest BCUT2D eigenvalue weighted by atomic mass is 9.92. The van der Waals surface area contributed by atoms with Gasteiger partial charge in [-0.15, -0.1) is 0 Å². The summed E-state index contributed by atoms with van der Waals surface area (Å²) in [4.78, 5) is 18.9. The van der Waals surface area contributed by atoms with Crippen LogP contribution in [0.5, 0.6) is 0 Å². The average molecular weight is 851 g/mol. The van der Waals surface area contributed by atoms with Crippen LogP contribution in [0.15, 0.2) is 84.9 Å². The number of hydrogen-bond donors (Lipinski definition) is 2. The fourth-order valence-electron chi connectivity index (χ4n) is 10.1. The molecule has 6 heteroatoms. The van der Waals surface area contributed by atoms with E-state index in [0.717, 1.165) is 88.8 Å². The molecule has 6 nitrogen and oxygen atoms in total. The predicted molar refractivity (Wildman–Crippen MR) is 273 cm³/mol. The quantitative estimate of drug-likeness (QED) is 0.137.